The molecule has 2 aromatic rings. The second kappa shape index (κ2) is 7.84. The second-order valence-corrected chi connectivity index (χ2v) is 5.76. The molecular weight excluding hydrogens is 344 g/mol. The first-order valence-electron chi connectivity index (χ1n) is 7.03. The van der Waals surface area contributed by atoms with Crippen molar-refractivity contribution in [1.29, 1.82) is 0 Å². The molecule has 0 bridgehead atoms. The number of amides is 1. The van der Waals surface area contributed by atoms with Crippen molar-refractivity contribution in [2.45, 2.75) is 13.3 Å². The Morgan fingerprint density at radius 2 is 1.95 bits per heavy atom. The zero-order valence-electron chi connectivity index (χ0n) is 12.7. The van der Waals surface area contributed by atoms with Gasteiger partial charge in [-0.1, -0.05) is 18.2 Å². The van der Waals surface area contributed by atoms with Crippen LogP contribution in [-0.4, -0.2) is 19.6 Å². The topological polar surface area (TPSA) is 50.4 Å². The molecule has 0 aliphatic rings. The number of hydrogen-bond donors (Lipinski definition) is 2. The van der Waals surface area contributed by atoms with E-state index < -0.39 is 0 Å². The van der Waals surface area contributed by atoms with E-state index in [2.05, 4.69) is 26.6 Å². The van der Waals surface area contributed by atoms with Crippen LogP contribution in [0.4, 0.5) is 11.4 Å². The van der Waals surface area contributed by atoms with E-state index in [0.29, 0.717) is 24.4 Å². The van der Waals surface area contributed by atoms with Crippen LogP contribution in [0.25, 0.3) is 0 Å². The fraction of sp³-hybridized carbons (Fsp3) is 0.235. The molecule has 1 amide bonds. The third kappa shape index (κ3) is 4.49. The van der Waals surface area contributed by atoms with Crippen molar-refractivity contribution in [3.8, 4) is 5.75 Å². The Kier molecular flexibility index (Phi) is 5.83. The summed E-state index contributed by atoms with van der Waals surface area (Å²) in [6.07, 6.45) is 0.373. The van der Waals surface area contributed by atoms with Gasteiger partial charge in [-0.25, -0.2) is 0 Å². The number of rotatable bonds is 6. The highest BCUT2D eigenvalue weighted by molar-refractivity contribution is 9.10. The Morgan fingerprint density at radius 1 is 1.18 bits per heavy atom. The van der Waals surface area contributed by atoms with Crippen molar-refractivity contribution in [1.82, 2.24) is 0 Å². The molecule has 0 unspecified atom stereocenters. The molecular formula is C17H19BrN2O2. The van der Waals surface area contributed by atoms with Gasteiger partial charge in [-0.3, -0.25) is 4.79 Å². The maximum absolute atomic E-state index is 12.0. The maximum atomic E-state index is 12.0. The normalized spacial score (nSPS) is 10.1. The van der Waals surface area contributed by atoms with Crippen LogP contribution in [0.3, 0.4) is 0 Å². The van der Waals surface area contributed by atoms with E-state index in [1.807, 2.05) is 49.4 Å². The Bertz CT molecular complexity index is 659. The first-order chi connectivity index (χ1) is 10.6. The molecule has 2 rings (SSSR count). The molecule has 0 saturated carbocycles. The van der Waals surface area contributed by atoms with Gasteiger partial charge in [0.05, 0.1) is 12.8 Å². The number of anilines is 2. The van der Waals surface area contributed by atoms with Crippen LogP contribution in [-0.2, 0) is 4.79 Å². The molecule has 22 heavy (non-hydrogen) atoms. The fourth-order valence-corrected chi connectivity index (χ4v) is 2.67. The van der Waals surface area contributed by atoms with Gasteiger partial charge in [0, 0.05) is 23.1 Å². The van der Waals surface area contributed by atoms with E-state index in [1.54, 1.807) is 7.11 Å². The average molecular weight is 363 g/mol. The SMILES string of the molecule is COc1ccccc1NC(=O)CCNc1ccc(C)cc1Br. The fourth-order valence-electron chi connectivity index (χ4n) is 2.03. The molecule has 0 aliphatic carbocycles. The molecule has 0 spiro atoms. The maximum Gasteiger partial charge on any atom is 0.226 e. The summed E-state index contributed by atoms with van der Waals surface area (Å²) < 4.78 is 6.21. The van der Waals surface area contributed by atoms with Crippen LogP contribution >= 0.6 is 15.9 Å². The monoisotopic (exact) mass is 362 g/mol. The van der Waals surface area contributed by atoms with E-state index >= 15 is 0 Å². The van der Waals surface area contributed by atoms with Gasteiger partial charge in [0.2, 0.25) is 5.91 Å². The van der Waals surface area contributed by atoms with E-state index in [0.717, 1.165) is 10.2 Å². The van der Waals surface area contributed by atoms with Crippen molar-refractivity contribution in [3.05, 3.63) is 52.5 Å². The van der Waals surface area contributed by atoms with Crippen molar-refractivity contribution in [2.24, 2.45) is 0 Å². The lowest BCUT2D eigenvalue weighted by Gasteiger charge is -2.11. The molecule has 0 radical (unpaired) electrons. The number of hydrogen-bond acceptors (Lipinski definition) is 3. The van der Waals surface area contributed by atoms with Crippen LogP contribution in [0.15, 0.2) is 46.9 Å². The third-order valence-corrected chi connectivity index (χ3v) is 3.83. The number of benzene rings is 2. The molecule has 0 aromatic heterocycles. The number of aryl methyl sites for hydroxylation is 1. The predicted octanol–water partition coefficient (Wildman–Crippen LogP) is 4.21. The summed E-state index contributed by atoms with van der Waals surface area (Å²) in [5.74, 6) is 0.602. The Balaban J connectivity index is 1.85. The molecule has 2 aromatic carbocycles. The predicted molar refractivity (Wildman–Crippen MR) is 93.6 cm³/mol. The van der Waals surface area contributed by atoms with Gasteiger partial charge in [0.25, 0.3) is 0 Å². The molecule has 4 nitrogen and oxygen atoms in total. The molecule has 0 fully saturated rings. The summed E-state index contributed by atoms with van der Waals surface area (Å²) in [5.41, 5.74) is 2.86. The molecule has 2 N–H and O–H groups in total. The molecule has 0 atom stereocenters. The lowest BCUT2D eigenvalue weighted by Crippen LogP contribution is -2.16. The lowest BCUT2D eigenvalue weighted by atomic mass is 10.2. The molecule has 0 aliphatic heterocycles. The summed E-state index contributed by atoms with van der Waals surface area (Å²) in [6.45, 7) is 2.60. The molecule has 0 heterocycles. The van der Waals surface area contributed by atoms with Crippen LogP contribution < -0.4 is 15.4 Å². The Labute approximate surface area is 139 Å². The average Bonchev–Trinajstić information content (AvgIpc) is 2.50. The second-order valence-electron chi connectivity index (χ2n) is 4.91. The molecule has 116 valence electrons. The van der Waals surface area contributed by atoms with Gasteiger partial charge < -0.3 is 15.4 Å². The Hall–Kier alpha value is -2.01. The van der Waals surface area contributed by atoms with Gasteiger partial charge in [-0.2, -0.15) is 0 Å². The number of carbonyl (C=O) groups excluding carboxylic acids is 1. The van der Waals surface area contributed by atoms with Gasteiger partial charge in [-0.15, -0.1) is 0 Å². The summed E-state index contributed by atoms with van der Waals surface area (Å²) in [6, 6.07) is 13.4. The van der Waals surface area contributed by atoms with E-state index in [9.17, 15) is 4.79 Å². The number of para-hydroxylation sites is 2. The van der Waals surface area contributed by atoms with E-state index in [1.165, 1.54) is 5.56 Å². The zero-order valence-corrected chi connectivity index (χ0v) is 14.2. The van der Waals surface area contributed by atoms with E-state index in [4.69, 9.17) is 4.74 Å². The van der Waals surface area contributed by atoms with Gasteiger partial charge in [-0.05, 0) is 52.7 Å². The van der Waals surface area contributed by atoms with Crippen molar-refractivity contribution < 1.29 is 9.53 Å². The van der Waals surface area contributed by atoms with E-state index in [-0.39, 0.29) is 5.91 Å². The van der Waals surface area contributed by atoms with Gasteiger partial charge >= 0.3 is 0 Å². The number of halogens is 1. The largest absolute Gasteiger partial charge is 0.495 e. The van der Waals surface area contributed by atoms with Crippen LogP contribution in [0, 0.1) is 6.92 Å². The number of carbonyl (C=O) groups is 1. The number of methoxy groups -OCH3 is 1. The highest BCUT2D eigenvalue weighted by atomic mass is 79.9. The lowest BCUT2D eigenvalue weighted by molar-refractivity contribution is -0.116. The van der Waals surface area contributed by atoms with Crippen LogP contribution in [0.5, 0.6) is 5.75 Å². The molecule has 0 saturated heterocycles. The number of ether oxygens (including phenoxy) is 1. The summed E-state index contributed by atoms with van der Waals surface area (Å²) in [5, 5.41) is 6.10. The van der Waals surface area contributed by atoms with Crippen molar-refractivity contribution in [3.63, 3.8) is 0 Å². The Morgan fingerprint density at radius 3 is 2.68 bits per heavy atom. The quantitative estimate of drug-likeness (QED) is 0.809. The van der Waals surface area contributed by atoms with Crippen molar-refractivity contribution >= 4 is 33.2 Å². The third-order valence-electron chi connectivity index (χ3n) is 3.17. The highest BCUT2D eigenvalue weighted by Crippen LogP contribution is 2.24. The summed E-state index contributed by atoms with van der Waals surface area (Å²) in [7, 11) is 1.58. The standard InChI is InChI=1S/C17H19BrN2O2/c1-12-7-8-14(13(18)11-12)19-10-9-17(21)20-15-5-3-4-6-16(15)22-2/h3-8,11,19H,9-10H2,1-2H3,(H,20,21). The van der Waals surface area contributed by atoms with Crippen molar-refractivity contribution in [2.75, 3.05) is 24.3 Å². The first-order valence-corrected chi connectivity index (χ1v) is 7.82. The van der Waals surface area contributed by atoms with Gasteiger partial charge in [0.15, 0.2) is 0 Å². The molecule has 5 heteroatoms. The number of nitrogens with one attached hydrogen (secondary N) is 2. The van der Waals surface area contributed by atoms with Crippen LogP contribution in [0.2, 0.25) is 0 Å². The minimum atomic E-state index is -0.0553. The minimum absolute atomic E-state index is 0.0553. The summed E-state index contributed by atoms with van der Waals surface area (Å²) in [4.78, 5) is 12.0. The summed E-state index contributed by atoms with van der Waals surface area (Å²) >= 11 is 3.51. The van der Waals surface area contributed by atoms with Crippen LogP contribution in [0.1, 0.15) is 12.0 Å². The zero-order chi connectivity index (χ0) is 15.9. The smallest absolute Gasteiger partial charge is 0.226 e. The highest BCUT2D eigenvalue weighted by Gasteiger charge is 2.07. The minimum Gasteiger partial charge on any atom is -0.495 e. The first kappa shape index (κ1) is 16.4. The van der Waals surface area contributed by atoms with Gasteiger partial charge in [0.1, 0.15) is 5.75 Å².